The third kappa shape index (κ3) is 4.03. The van der Waals surface area contributed by atoms with Crippen molar-refractivity contribution in [2.75, 3.05) is 50.7 Å². The average Bonchev–Trinajstić information content (AvgIpc) is 2.68. The van der Waals surface area contributed by atoms with E-state index >= 15 is 0 Å². The quantitative estimate of drug-likeness (QED) is 0.866. The Morgan fingerprint density at radius 3 is 2.58 bits per heavy atom. The van der Waals surface area contributed by atoms with Gasteiger partial charge in [-0.15, -0.1) is 0 Å². The summed E-state index contributed by atoms with van der Waals surface area (Å²) >= 11 is 6.15. The molecule has 0 aromatic heterocycles. The van der Waals surface area contributed by atoms with Crippen LogP contribution in [0.15, 0.2) is 36.4 Å². The fourth-order valence-electron chi connectivity index (χ4n) is 2.87. The highest BCUT2D eigenvalue weighted by atomic mass is 35.5. The number of anilines is 2. The molecule has 7 heteroatoms. The van der Waals surface area contributed by atoms with Crippen LogP contribution in [0.3, 0.4) is 0 Å². The normalized spacial score (nSPS) is 14.0. The highest BCUT2D eigenvalue weighted by Gasteiger charge is 2.19. The van der Waals surface area contributed by atoms with Gasteiger partial charge in [-0.25, -0.2) is 0 Å². The van der Waals surface area contributed by atoms with Crippen molar-refractivity contribution in [1.82, 2.24) is 0 Å². The van der Waals surface area contributed by atoms with E-state index in [1.54, 1.807) is 31.4 Å². The predicted octanol–water partition coefficient (Wildman–Crippen LogP) is 3.45. The number of methoxy groups -OCH3 is 2. The van der Waals surface area contributed by atoms with Crippen molar-refractivity contribution in [2.24, 2.45) is 0 Å². The molecule has 26 heavy (non-hydrogen) atoms. The number of amides is 1. The van der Waals surface area contributed by atoms with Crippen LogP contribution in [0.1, 0.15) is 10.4 Å². The van der Waals surface area contributed by atoms with Crippen LogP contribution in [-0.4, -0.2) is 46.4 Å². The van der Waals surface area contributed by atoms with E-state index in [2.05, 4.69) is 10.2 Å². The molecule has 1 saturated heterocycles. The van der Waals surface area contributed by atoms with Crippen LogP contribution in [0.5, 0.6) is 11.5 Å². The van der Waals surface area contributed by atoms with Crippen molar-refractivity contribution in [2.45, 2.75) is 0 Å². The number of ether oxygens (including phenoxy) is 3. The Morgan fingerprint density at radius 2 is 1.88 bits per heavy atom. The van der Waals surface area contributed by atoms with Gasteiger partial charge in [-0.3, -0.25) is 4.79 Å². The third-order valence-corrected chi connectivity index (χ3v) is 4.44. The molecule has 1 aliphatic rings. The number of hydrogen-bond acceptors (Lipinski definition) is 5. The Labute approximate surface area is 157 Å². The Bertz CT molecular complexity index is 791. The zero-order chi connectivity index (χ0) is 18.5. The number of morpholine rings is 1. The van der Waals surface area contributed by atoms with Crippen LogP contribution in [0.2, 0.25) is 5.02 Å². The first-order valence-corrected chi connectivity index (χ1v) is 8.66. The summed E-state index contributed by atoms with van der Waals surface area (Å²) in [7, 11) is 3.08. The van der Waals surface area contributed by atoms with Gasteiger partial charge < -0.3 is 24.4 Å². The minimum atomic E-state index is -0.294. The second-order valence-electron chi connectivity index (χ2n) is 5.78. The van der Waals surface area contributed by atoms with Gasteiger partial charge in [-0.1, -0.05) is 11.6 Å². The van der Waals surface area contributed by atoms with Crippen LogP contribution >= 0.6 is 11.6 Å². The van der Waals surface area contributed by atoms with E-state index in [9.17, 15) is 4.79 Å². The standard InChI is InChI=1S/C19H21ClN2O4/c1-24-14-4-6-18(25-2)15(12-14)19(23)21-16-11-13(20)3-5-17(16)22-7-9-26-10-8-22/h3-6,11-12H,7-10H2,1-2H3,(H,21,23). The second-order valence-corrected chi connectivity index (χ2v) is 6.22. The molecule has 1 fully saturated rings. The summed E-state index contributed by atoms with van der Waals surface area (Å²) in [4.78, 5) is 15.0. The molecule has 0 unspecified atom stereocenters. The zero-order valence-electron chi connectivity index (χ0n) is 14.8. The van der Waals surface area contributed by atoms with Gasteiger partial charge in [0, 0.05) is 18.1 Å². The fourth-order valence-corrected chi connectivity index (χ4v) is 3.04. The molecule has 138 valence electrons. The maximum absolute atomic E-state index is 12.9. The first-order valence-electron chi connectivity index (χ1n) is 8.28. The number of hydrogen-bond donors (Lipinski definition) is 1. The number of halogens is 1. The molecule has 1 amide bonds. The number of carbonyl (C=O) groups excluding carboxylic acids is 1. The zero-order valence-corrected chi connectivity index (χ0v) is 15.5. The molecule has 1 aliphatic heterocycles. The van der Waals surface area contributed by atoms with Crippen LogP contribution in [0.4, 0.5) is 11.4 Å². The predicted molar refractivity (Wildman–Crippen MR) is 102 cm³/mol. The SMILES string of the molecule is COc1ccc(OC)c(C(=O)Nc2cc(Cl)ccc2N2CCOCC2)c1. The summed E-state index contributed by atoms with van der Waals surface area (Å²) in [6, 6.07) is 10.6. The molecule has 2 aromatic rings. The van der Waals surface area contributed by atoms with Gasteiger partial charge in [0.1, 0.15) is 11.5 Å². The van der Waals surface area contributed by atoms with Gasteiger partial charge in [0.2, 0.25) is 0 Å². The van der Waals surface area contributed by atoms with Crippen molar-refractivity contribution in [1.29, 1.82) is 0 Å². The Morgan fingerprint density at radius 1 is 1.12 bits per heavy atom. The maximum atomic E-state index is 12.9. The van der Waals surface area contributed by atoms with Gasteiger partial charge in [0.05, 0.1) is 44.4 Å². The lowest BCUT2D eigenvalue weighted by atomic mass is 10.1. The minimum Gasteiger partial charge on any atom is -0.497 e. The molecule has 0 bridgehead atoms. The summed E-state index contributed by atoms with van der Waals surface area (Å²) in [6.45, 7) is 2.82. The molecule has 1 heterocycles. The summed E-state index contributed by atoms with van der Waals surface area (Å²) < 4.78 is 15.9. The van der Waals surface area contributed by atoms with E-state index in [1.807, 2.05) is 12.1 Å². The Balaban J connectivity index is 1.91. The molecule has 2 aromatic carbocycles. The molecular formula is C19H21ClN2O4. The number of rotatable bonds is 5. The maximum Gasteiger partial charge on any atom is 0.259 e. The molecule has 1 N–H and O–H groups in total. The van der Waals surface area contributed by atoms with E-state index in [1.165, 1.54) is 7.11 Å². The van der Waals surface area contributed by atoms with E-state index in [0.29, 0.717) is 41.0 Å². The lowest BCUT2D eigenvalue weighted by molar-refractivity contribution is 0.102. The minimum absolute atomic E-state index is 0.294. The van der Waals surface area contributed by atoms with Crippen molar-refractivity contribution >= 4 is 28.9 Å². The van der Waals surface area contributed by atoms with Crippen molar-refractivity contribution in [3.8, 4) is 11.5 Å². The summed E-state index contributed by atoms with van der Waals surface area (Å²) in [6.07, 6.45) is 0. The third-order valence-electron chi connectivity index (χ3n) is 4.21. The molecule has 0 radical (unpaired) electrons. The molecule has 0 saturated carbocycles. The van der Waals surface area contributed by atoms with Crippen molar-refractivity contribution in [3.05, 3.63) is 47.0 Å². The van der Waals surface area contributed by atoms with Crippen LogP contribution < -0.4 is 19.7 Å². The number of benzene rings is 2. The molecule has 0 aliphatic carbocycles. The largest absolute Gasteiger partial charge is 0.497 e. The smallest absolute Gasteiger partial charge is 0.259 e. The van der Waals surface area contributed by atoms with E-state index in [0.717, 1.165) is 18.8 Å². The second kappa shape index (κ2) is 8.29. The highest BCUT2D eigenvalue weighted by Crippen LogP contribution is 2.31. The number of nitrogens with zero attached hydrogens (tertiary/aromatic N) is 1. The average molecular weight is 377 g/mol. The van der Waals surface area contributed by atoms with Crippen molar-refractivity contribution < 1.29 is 19.0 Å². The molecule has 0 spiro atoms. The van der Waals surface area contributed by atoms with Crippen LogP contribution in [0, 0.1) is 0 Å². The summed E-state index contributed by atoms with van der Waals surface area (Å²) in [5.41, 5.74) is 1.95. The molecule has 0 atom stereocenters. The monoisotopic (exact) mass is 376 g/mol. The number of nitrogens with one attached hydrogen (secondary N) is 1. The van der Waals surface area contributed by atoms with E-state index < -0.39 is 0 Å². The highest BCUT2D eigenvalue weighted by molar-refractivity contribution is 6.31. The van der Waals surface area contributed by atoms with Crippen molar-refractivity contribution in [3.63, 3.8) is 0 Å². The topological polar surface area (TPSA) is 60.0 Å². The molecule has 6 nitrogen and oxygen atoms in total. The Hall–Kier alpha value is -2.44. The molecular weight excluding hydrogens is 356 g/mol. The van der Waals surface area contributed by atoms with Crippen LogP contribution in [0.25, 0.3) is 0 Å². The molecule has 3 rings (SSSR count). The lowest BCUT2D eigenvalue weighted by Gasteiger charge is -2.30. The number of carbonyl (C=O) groups is 1. The lowest BCUT2D eigenvalue weighted by Crippen LogP contribution is -2.36. The van der Waals surface area contributed by atoms with Gasteiger partial charge >= 0.3 is 0 Å². The van der Waals surface area contributed by atoms with Gasteiger partial charge in [-0.2, -0.15) is 0 Å². The Kier molecular flexibility index (Phi) is 5.85. The van der Waals surface area contributed by atoms with Gasteiger partial charge in [0.25, 0.3) is 5.91 Å². The summed E-state index contributed by atoms with van der Waals surface area (Å²) in [5.74, 6) is 0.756. The summed E-state index contributed by atoms with van der Waals surface area (Å²) in [5, 5.41) is 3.50. The van der Waals surface area contributed by atoms with E-state index in [-0.39, 0.29) is 5.91 Å². The fraction of sp³-hybridized carbons (Fsp3) is 0.316. The first-order chi connectivity index (χ1) is 12.6. The van der Waals surface area contributed by atoms with Gasteiger partial charge in [-0.05, 0) is 36.4 Å². The van der Waals surface area contributed by atoms with E-state index in [4.69, 9.17) is 25.8 Å². The first kappa shape index (κ1) is 18.4. The van der Waals surface area contributed by atoms with Crippen LogP contribution in [-0.2, 0) is 4.74 Å². The van der Waals surface area contributed by atoms with Gasteiger partial charge in [0.15, 0.2) is 0 Å².